The fourth-order valence-electron chi connectivity index (χ4n) is 2.81. The highest BCUT2D eigenvalue weighted by Gasteiger charge is 2.18. The summed E-state index contributed by atoms with van der Waals surface area (Å²) in [5.41, 5.74) is 1.33. The molecule has 2 heterocycles. The van der Waals surface area contributed by atoms with Gasteiger partial charge < -0.3 is 14.8 Å². The van der Waals surface area contributed by atoms with Crippen molar-refractivity contribution in [3.63, 3.8) is 0 Å². The molecule has 0 radical (unpaired) electrons. The average molecular weight is 262 g/mol. The van der Waals surface area contributed by atoms with Gasteiger partial charge in [-0.15, -0.1) is 0 Å². The van der Waals surface area contributed by atoms with Crippen LogP contribution in [0.15, 0.2) is 18.2 Å². The molecule has 2 aliphatic rings. The van der Waals surface area contributed by atoms with Gasteiger partial charge >= 0.3 is 0 Å². The quantitative estimate of drug-likeness (QED) is 0.890. The molecule has 104 valence electrons. The van der Waals surface area contributed by atoms with Gasteiger partial charge in [-0.1, -0.05) is 6.07 Å². The number of piperazine rings is 1. The molecular formula is C15H22N2O2. The molecule has 1 fully saturated rings. The summed E-state index contributed by atoms with van der Waals surface area (Å²) in [7, 11) is 0. The van der Waals surface area contributed by atoms with E-state index >= 15 is 0 Å². The van der Waals surface area contributed by atoms with Crippen molar-refractivity contribution in [1.29, 1.82) is 0 Å². The molecular weight excluding hydrogens is 240 g/mol. The second-order valence-electron chi connectivity index (χ2n) is 5.32. The predicted octanol–water partition coefficient (Wildman–Crippen LogP) is 1.29. The zero-order chi connectivity index (χ0) is 13.1. The number of hydrogen-bond donors (Lipinski definition) is 1. The number of nitrogens with zero attached hydrogens (tertiary/aromatic N) is 1. The SMILES string of the molecule is CC(Cc1ccc2c(c1)OCCO2)N1CCNCC1. The average Bonchev–Trinajstić information content (AvgIpc) is 2.48. The van der Waals surface area contributed by atoms with Crippen LogP contribution in [0.3, 0.4) is 0 Å². The van der Waals surface area contributed by atoms with Gasteiger partial charge in [0.15, 0.2) is 11.5 Å². The molecule has 2 aliphatic heterocycles. The van der Waals surface area contributed by atoms with Crippen LogP contribution in [0.5, 0.6) is 11.5 Å². The summed E-state index contributed by atoms with van der Waals surface area (Å²) < 4.78 is 11.2. The van der Waals surface area contributed by atoms with Crippen molar-refractivity contribution in [2.45, 2.75) is 19.4 Å². The minimum absolute atomic E-state index is 0.574. The van der Waals surface area contributed by atoms with E-state index in [1.165, 1.54) is 5.56 Å². The summed E-state index contributed by atoms with van der Waals surface area (Å²) in [6.07, 6.45) is 1.07. The number of fused-ring (bicyclic) bond motifs is 1. The van der Waals surface area contributed by atoms with E-state index in [2.05, 4.69) is 29.3 Å². The molecule has 0 spiro atoms. The van der Waals surface area contributed by atoms with Crippen LogP contribution in [-0.4, -0.2) is 50.3 Å². The van der Waals surface area contributed by atoms with Crippen molar-refractivity contribution in [2.24, 2.45) is 0 Å². The van der Waals surface area contributed by atoms with Gasteiger partial charge in [0.2, 0.25) is 0 Å². The fourth-order valence-corrected chi connectivity index (χ4v) is 2.81. The van der Waals surface area contributed by atoms with Crippen molar-refractivity contribution >= 4 is 0 Å². The first kappa shape index (κ1) is 12.8. The van der Waals surface area contributed by atoms with Crippen LogP contribution in [0.1, 0.15) is 12.5 Å². The molecule has 1 aromatic rings. The molecule has 0 amide bonds. The van der Waals surface area contributed by atoms with E-state index in [1.54, 1.807) is 0 Å². The third-order valence-electron chi connectivity index (χ3n) is 3.91. The Morgan fingerprint density at radius 1 is 1.16 bits per heavy atom. The summed E-state index contributed by atoms with van der Waals surface area (Å²) in [5, 5.41) is 3.40. The van der Waals surface area contributed by atoms with E-state index in [0.717, 1.165) is 44.1 Å². The van der Waals surface area contributed by atoms with Gasteiger partial charge in [-0.2, -0.15) is 0 Å². The van der Waals surface area contributed by atoms with Crippen LogP contribution >= 0.6 is 0 Å². The van der Waals surface area contributed by atoms with Crippen LogP contribution in [0.25, 0.3) is 0 Å². The van der Waals surface area contributed by atoms with Gasteiger partial charge in [0.1, 0.15) is 13.2 Å². The van der Waals surface area contributed by atoms with Crippen LogP contribution < -0.4 is 14.8 Å². The maximum Gasteiger partial charge on any atom is 0.161 e. The molecule has 1 N–H and O–H groups in total. The Morgan fingerprint density at radius 2 is 1.89 bits per heavy atom. The van der Waals surface area contributed by atoms with Crippen LogP contribution in [0.4, 0.5) is 0 Å². The summed E-state index contributed by atoms with van der Waals surface area (Å²) in [6.45, 7) is 8.11. The van der Waals surface area contributed by atoms with Crippen molar-refractivity contribution in [3.8, 4) is 11.5 Å². The highest BCUT2D eigenvalue weighted by molar-refractivity contribution is 5.44. The largest absolute Gasteiger partial charge is 0.486 e. The minimum Gasteiger partial charge on any atom is -0.486 e. The van der Waals surface area contributed by atoms with E-state index in [1.807, 2.05) is 6.07 Å². The van der Waals surface area contributed by atoms with Crippen LogP contribution in [0.2, 0.25) is 0 Å². The first-order chi connectivity index (χ1) is 9.33. The monoisotopic (exact) mass is 262 g/mol. The number of hydrogen-bond acceptors (Lipinski definition) is 4. The molecule has 1 unspecified atom stereocenters. The number of nitrogens with one attached hydrogen (secondary N) is 1. The summed E-state index contributed by atoms with van der Waals surface area (Å²) in [5.74, 6) is 1.78. The molecule has 1 atom stereocenters. The molecule has 1 aromatic carbocycles. The Hall–Kier alpha value is -1.26. The second kappa shape index (κ2) is 5.80. The molecule has 0 bridgehead atoms. The highest BCUT2D eigenvalue weighted by atomic mass is 16.6. The lowest BCUT2D eigenvalue weighted by atomic mass is 10.0. The van der Waals surface area contributed by atoms with Crippen LogP contribution in [-0.2, 0) is 6.42 Å². The second-order valence-corrected chi connectivity index (χ2v) is 5.32. The van der Waals surface area contributed by atoms with Gasteiger partial charge in [-0.05, 0) is 31.0 Å². The van der Waals surface area contributed by atoms with E-state index in [0.29, 0.717) is 19.3 Å². The summed E-state index contributed by atoms with van der Waals surface area (Å²) in [6, 6.07) is 6.90. The molecule has 4 heteroatoms. The molecule has 4 nitrogen and oxygen atoms in total. The van der Waals surface area contributed by atoms with Crippen molar-refractivity contribution in [2.75, 3.05) is 39.4 Å². The van der Waals surface area contributed by atoms with E-state index < -0.39 is 0 Å². The van der Waals surface area contributed by atoms with E-state index in [9.17, 15) is 0 Å². The molecule has 0 saturated carbocycles. The highest BCUT2D eigenvalue weighted by Crippen LogP contribution is 2.31. The Bertz CT molecular complexity index is 430. The fraction of sp³-hybridized carbons (Fsp3) is 0.600. The topological polar surface area (TPSA) is 33.7 Å². The zero-order valence-electron chi connectivity index (χ0n) is 11.5. The van der Waals surface area contributed by atoms with Crippen molar-refractivity contribution in [3.05, 3.63) is 23.8 Å². The summed E-state index contributed by atoms with van der Waals surface area (Å²) >= 11 is 0. The summed E-state index contributed by atoms with van der Waals surface area (Å²) in [4.78, 5) is 2.55. The van der Waals surface area contributed by atoms with Gasteiger partial charge in [0.25, 0.3) is 0 Å². The molecule has 19 heavy (non-hydrogen) atoms. The van der Waals surface area contributed by atoms with Crippen LogP contribution in [0, 0.1) is 0 Å². The van der Waals surface area contributed by atoms with E-state index in [4.69, 9.17) is 9.47 Å². The Morgan fingerprint density at radius 3 is 2.68 bits per heavy atom. The lowest BCUT2D eigenvalue weighted by Gasteiger charge is -2.33. The zero-order valence-corrected chi connectivity index (χ0v) is 11.5. The Balaban J connectivity index is 1.65. The molecule has 0 aliphatic carbocycles. The van der Waals surface area contributed by atoms with Gasteiger partial charge in [-0.3, -0.25) is 4.90 Å². The van der Waals surface area contributed by atoms with Crippen molar-refractivity contribution in [1.82, 2.24) is 10.2 Å². The van der Waals surface area contributed by atoms with Gasteiger partial charge in [0, 0.05) is 32.2 Å². The lowest BCUT2D eigenvalue weighted by molar-refractivity contribution is 0.170. The minimum atomic E-state index is 0.574. The van der Waals surface area contributed by atoms with Gasteiger partial charge in [-0.25, -0.2) is 0 Å². The smallest absolute Gasteiger partial charge is 0.161 e. The Labute approximate surface area is 114 Å². The standard InChI is InChI=1S/C15H22N2O2/c1-12(17-6-4-16-5-7-17)10-13-2-3-14-15(11-13)19-9-8-18-14/h2-3,11-12,16H,4-10H2,1H3. The first-order valence-electron chi connectivity index (χ1n) is 7.16. The normalized spacial score (nSPS) is 21.1. The van der Waals surface area contributed by atoms with Crippen molar-refractivity contribution < 1.29 is 9.47 Å². The molecule has 0 aromatic heterocycles. The molecule has 1 saturated heterocycles. The third-order valence-corrected chi connectivity index (χ3v) is 3.91. The number of ether oxygens (including phenoxy) is 2. The molecule has 3 rings (SSSR count). The maximum absolute atomic E-state index is 5.64. The number of benzene rings is 1. The Kier molecular flexibility index (Phi) is 3.89. The maximum atomic E-state index is 5.64. The third kappa shape index (κ3) is 3.01. The predicted molar refractivity (Wildman–Crippen MR) is 75.0 cm³/mol. The lowest BCUT2D eigenvalue weighted by Crippen LogP contribution is -2.48. The number of rotatable bonds is 3. The first-order valence-corrected chi connectivity index (χ1v) is 7.16. The van der Waals surface area contributed by atoms with Gasteiger partial charge in [0.05, 0.1) is 0 Å². The van der Waals surface area contributed by atoms with E-state index in [-0.39, 0.29) is 0 Å².